The third-order valence-electron chi connectivity index (χ3n) is 4.58. The van der Waals surface area contributed by atoms with E-state index in [0.29, 0.717) is 5.33 Å². The zero-order valence-corrected chi connectivity index (χ0v) is 15.0. The molecular formula is C19H18BrNO4. The Bertz CT molecular complexity index is 777. The number of halogens is 1. The Balaban J connectivity index is 1.84. The Kier molecular flexibility index (Phi) is 4.92. The lowest BCUT2D eigenvalue weighted by atomic mass is 9.96. The van der Waals surface area contributed by atoms with E-state index in [1.54, 1.807) is 0 Å². The first-order chi connectivity index (χ1) is 12.0. The maximum atomic E-state index is 12.3. The monoisotopic (exact) mass is 403 g/mol. The van der Waals surface area contributed by atoms with E-state index in [4.69, 9.17) is 10.5 Å². The highest BCUT2D eigenvalue weighted by atomic mass is 79.9. The van der Waals surface area contributed by atoms with E-state index in [-0.39, 0.29) is 18.9 Å². The number of hydrogen-bond donors (Lipinski definition) is 2. The molecule has 0 heterocycles. The number of carbonyl (C=O) groups is 2. The molecule has 2 aromatic carbocycles. The molecule has 0 saturated carbocycles. The topological polar surface area (TPSA) is 89.6 Å². The van der Waals surface area contributed by atoms with Crippen LogP contribution in [0.1, 0.15) is 23.5 Å². The van der Waals surface area contributed by atoms with E-state index in [0.717, 1.165) is 22.3 Å². The van der Waals surface area contributed by atoms with Gasteiger partial charge in [-0.05, 0) is 28.7 Å². The maximum Gasteiger partial charge on any atom is 0.337 e. The molecule has 0 fully saturated rings. The van der Waals surface area contributed by atoms with E-state index in [9.17, 15) is 14.7 Å². The van der Waals surface area contributed by atoms with Crippen molar-refractivity contribution in [3.8, 4) is 11.1 Å². The predicted octanol–water partition coefficient (Wildman–Crippen LogP) is 2.91. The molecule has 0 amide bonds. The van der Waals surface area contributed by atoms with Crippen LogP contribution >= 0.6 is 15.9 Å². The number of esters is 1. The maximum absolute atomic E-state index is 12.3. The molecule has 1 aliphatic rings. The second-order valence-electron chi connectivity index (χ2n) is 6.04. The SMILES string of the molecule is N[C@@](CCBr)(C(=O)O)C(=O)OCC1c2ccccc2-c2ccccc21. The molecule has 3 N–H and O–H groups in total. The van der Waals surface area contributed by atoms with Crippen molar-refractivity contribution >= 4 is 27.9 Å². The van der Waals surface area contributed by atoms with E-state index in [2.05, 4.69) is 15.9 Å². The average molecular weight is 404 g/mol. The number of hydrogen-bond acceptors (Lipinski definition) is 4. The van der Waals surface area contributed by atoms with Gasteiger partial charge in [0.05, 0.1) is 0 Å². The van der Waals surface area contributed by atoms with Gasteiger partial charge >= 0.3 is 11.9 Å². The summed E-state index contributed by atoms with van der Waals surface area (Å²) in [6.07, 6.45) is -0.0427. The molecule has 6 heteroatoms. The molecule has 0 aromatic heterocycles. The fraction of sp³-hybridized carbons (Fsp3) is 0.263. The highest BCUT2D eigenvalue weighted by Gasteiger charge is 2.44. The van der Waals surface area contributed by atoms with Gasteiger partial charge in [-0.25, -0.2) is 9.59 Å². The average Bonchev–Trinajstić information content (AvgIpc) is 2.93. The quantitative estimate of drug-likeness (QED) is 0.439. The molecule has 0 bridgehead atoms. The van der Waals surface area contributed by atoms with E-state index in [1.807, 2.05) is 48.5 Å². The van der Waals surface area contributed by atoms with Gasteiger partial charge in [0.25, 0.3) is 0 Å². The predicted molar refractivity (Wildman–Crippen MR) is 97.6 cm³/mol. The van der Waals surface area contributed by atoms with E-state index < -0.39 is 17.5 Å². The summed E-state index contributed by atoms with van der Waals surface area (Å²) in [6.45, 7) is 0.0569. The number of benzene rings is 2. The summed E-state index contributed by atoms with van der Waals surface area (Å²) in [5, 5.41) is 9.59. The number of aliphatic carboxylic acids is 1. The van der Waals surface area contributed by atoms with Crippen LogP contribution in [0.2, 0.25) is 0 Å². The van der Waals surface area contributed by atoms with Crippen LogP contribution in [0.5, 0.6) is 0 Å². The van der Waals surface area contributed by atoms with Gasteiger partial charge in [-0.3, -0.25) is 0 Å². The minimum absolute atomic E-state index is 0.0427. The molecule has 0 radical (unpaired) electrons. The van der Waals surface area contributed by atoms with Crippen molar-refractivity contribution in [2.45, 2.75) is 17.9 Å². The van der Waals surface area contributed by atoms with Crippen molar-refractivity contribution in [2.24, 2.45) is 5.73 Å². The molecule has 5 nitrogen and oxygen atoms in total. The van der Waals surface area contributed by atoms with Gasteiger partial charge in [0.15, 0.2) is 0 Å². The summed E-state index contributed by atoms with van der Waals surface area (Å²) in [4.78, 5) is 23.7. The van der Waals surface area contributed by atoms with Crippen molar-refractivity contribution in [1.29, 1.82) is 0 Å². The van der Waals surface area contributed by atoms with Crippen LogP contribution in [0.15, 0.2) is 48.5 Å². The molecule has 130 valence electrons. The number of nitrogens with two attached hydrogens (primary N) is 1. The van der Waals surface area contributed by atoms with Gasteiger partial charge in [-0.15, -0.1) is 0 Å². The van der Waals surface area contributed by atoms with Gasteiger partial charge in [0, 0.05) is 11.2 Å². The largest absolute Gasteiger partial charge is 0.479 e. The molecule has 2 aromatic rings. The van der Waals surface area contributed by atoms with Crippen LogP contribution < -0.4 is 5.73 Å². The minimum Gasteiger partial charge on any atom is -0.479 e. The van der Waals surface area contributed by atoms with Gasteiger partial charge in [0.2, 0.25) is 5.54 Å². The summed E-state index contributed by atoms with van der Waals surface area (Å²) in [7, 11) is 0. The number of carbonyl (C=O) groups excluding carboxylic acids is 1. The Labute approximate surface area is 153 Å². The zero-order valence-electron chi connectivity index (χ0n) is 13.4. The number of rotatable bonds is 6. The lowest BCUT2D eigenvalue weighted by molar-refractivity contribution is -0.161. The van der Waals surface area contributed by atoms with Crippen LogP contribution in [0, 0.1) is 0 Å². The fourth-order valence-electron chi connectivity index (χ4n) is 3.17. The van der Waals surface area contributed by atoms with Gasteiger partial charge in [-0.2, -0.15) is 0 Å². The number of alkyl halides is 1. The molecular weight excluding hydrogens is 386 g/mol. The summed E-state index contributed by atoms with van der Waals surface area (Å²) in [5.41, 5.74) is 8.07. The molecule has 0 saturated heterocycles. The highest BCUT2D eigenvalue weighted by molar-refractivity contribution is 9.09. The Morgan fingerprint density at radius 1 is 1.08 bits per heavy atom. The molecule has 25 heavy (non-hydrogen) atoms. The second-order valence-corrected chi connectivity index (χ2v) is 6.83. The lowest BCUT2D eigenvalue weighted by Crippen LogP contribution is -2.56. The van der Waals surface area contributed by atoms with Crippen LogP contribution in [0.25, 0.3) is 11.1 Å². The Morgan fingerprint density at radius 2 is 1.60 bits per heavy atom. The first kappa shape index (κ1) is 17.6. The first-order valence-electron chi connectivity index (χ1n) is 7.92. The number of fused-ring (bicyclic) bond motifs is 3. The van der Waals surface area contributed by atoms with Gasteiger partial charge < -0.3 is 15.6 Å². The Hall–Kier alpha value is -2.18. The zero-order chi connectivity index (χ0) is 18.0. The standard InChI is InChI=1S/C19H18BrNO4/c20-10-9-19(21,17(22)23)18(24)25-11-16-14-7-3-1-5-12(14)13-6-2-4-8-15(13)16/h1-8,16H,9-11,21H2,(H,22,23)/t19-/m0/s1. The molecule has 1 atom stereocenters. The van der Waals surface area contributed by atoms with Gasteiger partial charge in [0.1, 0.15) is 6.61 Å². The summed E-state index contributed by atoms with van der Waals surface area (Å²) < 4.78 is 5.35. The molecule has 0 unspecified atom stereocenters. The summed E-state index contributed by atoms with van der Waals surface area (Å²) >= 11 is 3.13. The van der Waals surface area contributed by atoms with Crippen LogP contribution in [-0.2, 0) is 14.3 Å². The van der Waals surface area contributed by atoms with Gasteiger partial charge in [-0.1, -0.05) is 64.5 Å². The summed E-state index contributed by atoms with van der Waals surface area (Å²) in [6, 6.07) is 15.9. The van der Waals surface area contributed by atoms with Crippen LogP contribution in [-0.4, -0.2) is 34.5 Å². The minimum atomic E-state index is -2.04. The van der Waals surface area contributed by atoms with Crippen molar-refractivity contribution in [1.82, 2.24) is 0 Å². The third-order valence-corrected chi connectivity index (χ3v) is 4.97. The fourth-order valence-corrected chi connectivity index (χ4v) is 3.80. The lowest BCUT2D eigenvalue weighted by Gasteiger charge is -2.23. The van der Waals surface area contributed by atoms with Crippen LogP contribution in [0.3, 0.4) is 0 Å². The van der Waals surface area contributed by atoms with Crippen molar-refractivity contribution in [3.63, 3.8) is 0 Å². The molecule has 0 spiro atoms. The normalized spacial score (nSPS) is 15.1. The van der Waals surface area contributed by atoms with Crippen molar-refractivity contribution in [3.05, 3.63) is 59.7 Å². The molecule has 0 aliphatic heterocycles. The number of carboxylic acids is 1. The molecule has 3 rings (SSSR count). The van der Waals surface area contributed by atoms with E-state index in [1.165, 1.54) is 0 Å². The van der Waals surface area contributed by atoms with Crippen molar-refractivity contribution < 1.29 is 19.4 Å². The van der Waals surface area contributed by atoms with Crippen LogP contribution in [0.4, 0.5) is 0 Å². The molecule has 1 aliphatic carbocycles. The third kappa shape index (κ3) is 3.07. The highest BCUT2D eigenvalue weighted by Crippen LogP contribution is 2.44. The number of ether oxygens (including phenoxy) is 1. The second kappa shape index (κ2) is 6.98. The number of carboxylic acid groups (broad SMARTS) is 1. The van der Waals surface area contributed by atoms with Crippen molar-refractivity contribution in [2.75, 3.05) is 11.9 Å². The smallest absolute Gasteiger partial charge is 0.337 e. The summed E-state index contributed by atoms with van der Waals surface area (Å²) in [5.74, 6) is -2.43. The first-order valence-corrected chi connectivity index (χ1v) is 9.05. The van der Waals surface area contributed by atoms with E-state index >= 15 is 0 Å². The Morgan fingerprint density at radius 3 is 2.08 bits per heavy atom.